The van der Waals surface area contributed by atoms with E-state index in [0.29, 0.717) is 16.7 Å². The summed E-state index contributed by atoms with van der Waals surface area (Å²) in [6, 6.07) is 10.1. The summed E-state index contributed by atoms with van der Waals surface area (Å²) in [5, 5.41) is 2.07. The van der Waals surface area contributed by atoms with Gasteiger partial charge in [0.05, 0.1) is 12.6 Å². The van der Waals surface area contributed by atoms with Gasteiger partial charge in [-0.25, -0.2) is 8.78 Å². The predicted molar refractivity (Wildman–Crippen MR) is 70.8 cm³/mol. The summed E-state index contributed by atoms with van der Waals surface area (Å²) in [6.07, 6.45) is -0.840. The van der Waals surface area contributed by atoms with E-state index in [2.05, 4.69) is 4.98 Å². The number of rotatable bonds is 2. The van der Waals surface area contributed by atoms with E-state index in [4.69, 9.17) is 4.74 Å². The summed E-state index contributed by atoms with van der Waals surface area (Å²) in [6.45, 7) is 0. The second kappa shape index (κ2) is 4.46. The molecule has 0 amide bonds. The zero-order valence-corrected chi connectivity index (χ0v) is 10.2. The van der Waals surface area contributed by atoms with Gasteiger partial charge in [-0.3, -0.25) is 4.98 Å². The monoisotopic (exact) mass is 259 g/mol. The lowest BCUT2D eigenvalue weighted by Crippen LogP contribution is -1.91. The normalized spacial score (nSPS) is 11.4. The Morgan fingerprint density at radius 2 is 2.00 bits per heavy atom. The number of nitrogens with zero attached hydrogens (tertiary/aromatic N) is 1. The lowest BCUT2D eigenvalue weighted by molar-refractivity contribution is 0.153. The number of fused-ring (bicyclic) bond motifs is 3. The van der Waals surface area contributed by atoms with Crippen LogP contribution in [0.15, 0.2) is 42.6 Å². The molecule has 0 atom stereocenters. The molecule has 3 rings (SSSR count). The standard InChI is InChI=1S/C15H11F2NO/c1-19-10-5-6-11-9(7-10)8-18-13-4-2-3-12(14(11)13)15(16)17/h2-8,15H,1H3. The molecule has 96 valence electrons. The minimum atomic E-state index is -2.52. The van der Waals surface area contributed by atoms with Crippen LogP contribution in [0.25, 0.3) is 21.7 Å². The van der Waals surface area contributed by atoms with Crippen molar-refractivity contribution in [2.75, 3.05) is 7.11 Å². The fourth-order valence-corrected chi connectivity index (χ4v) is 2.28. The van der Waals surface area contributed by atoms with Crippen LogP contribution in [0.5, 0.6) is 5.75 Å². The van der Waals surface area contributed by atoms with Crippen molar-refractivity contribution in [3.05, 3.63) is 48.2 Å². The topological polar surface area (TPSA) is 22.1 Å². The van der Waals surface area contributed by atoms with E-state index < -0.39 is 6.43 Å². The number of hydrogen-bond acceptors (Lipinski definition) is 2. The van der Waals surface area contributed by atoms with Gasteiger partial charge < -0.3 is 4.74 Å². The SMILES string of the molecule is COc1ccc2c(cnc3cccc(C(F)F)c32)c1. The highest BCUT2D eigenvalue weighted by molar-refractivity contribution is 6.07. The maximum atomic E-state index is 13.1. The maximum Gasteiger partial charge on any atom is 0.264 e. The second-order valence-corrected chi connectivity index (χ2v) is 4.25. The largest absolute Gasteiger partial charge is 0.497 e. The van der Waals surface area contributed by atoms with Gasteiger partial charge in [-0.2, -0.15) is 0 Å². The van der Waals surface area contributed by atoms with Gasteiger partial charge in [0.25, 0.3) is 6.43 Å². The molecule has 0 saturated carbocycles. The van der Waals surface area contributed by atoms with Gasteiger partial charge in [-0.05, 0) is 29.7 Å². The van der Waals surface area contributed by atoms with Crippen LogP contribution in [0.1, 0.15) is 12.0 Å². The van der Waals surface area contributed by atoms with E-state index in [9.17, 15) is 8.78 Å². The van der Waals surface area contributed by atoms with Gasteiger partial charge in [0.15, 0.2) is 0 Å². The Balaban J connectivity index is 2.44. The van der Waals surface area contributed by atoms with Crippen LogP contribution in [0, 0.1) is 0 Å². The van der Waals surface area contributed by atoms with E-state index in [1.807, 2.05) is 0 Å². The molecule has 0 aliphatic heterocycles. The first-order valence-corrected chi connectivity index (χ1v) is 5.84. The Kier molecular flexibility index (Phi) is 2.78. The molecule has 1 heterocycles. The smallest absolute Gasteiger partial charge is 0.264 e. The summed E-state index contributed by atoms with van der Waals surface area (Å²) in [5.41, 5.74) is 0.594. The van der Waals surface area contributed by atoms with Gasteiger partial charge in [-0.1, -0.05) is 12.1 Å². The lowest BCUT2D eigenvalue weighted by atomic mass is 10.0. The van der Waals surface area contributed by atoms with Gasteiger partial charge in [-0.15, -0.1) is 0 Å². The molecule has 0 aliphatic rings. The second-order valence-electron chi connectivity index (χ2n) is 4.25. The molecule has 0 N–H and O–H groups in total. The number of ether oxygens (including phenoxy) is 1. The van der Waals surface area contributed by atoms with Crippen molar-refractivity contribution in [1.29, 1.82) is 0 Å². The first-order chi connectivity index (χ1) is 9.20. The van der Waals surface area contributed by atoms with Crippen LogP contribution >= 0.6 is 0 Å². The minimum absolute atomic E-state index is 0.0146. The van der Waals surface area contributed by atoms with Gasteiger partial charge in [0.1, 0.15) is 5.75 Å². The quantitative estimate of drug-likeness (QED) is 0.639. The Morgan fingerprint density at radius 1 is 1.16 bits per heavy atom. The molecule has 1 aromatic heterocycles. The highest BCUT2D eigenvalue weighted by Gasteiger charge is 2.14. The molecule has 19 heavy (non-hydrogen) atoms. The van der Waals surface area contributed by atoms with E-state index in [0.717, 1.165) is 10.8 Å². The molecule has 0 fully saturated rings. The molecule has 0 unspecified atom stereocenters. The Hall–Kier alpha value is -2.23. The van der Waals surface area contributed by atoms with E-state index >= 15 is 0 Å². The summed E-state index contributed by atoms with van der Waals surface area (Å²) in [5.74, 6) is 0.683. The summed E-state index contributed by atoms with van der Waals surface area (Å²) >= 11 is 0. The van der Waals surface area contributed by atoms with E-state index in [1.165, 1.54) is 6.07 Å². The third kappa shape index (κ3) is 1.89. The third-order valence-electron chi connectivity index (χ3n) is 3.18. The number of hydrogen-bond donors (Lipinski definition) is 0. The van der Waals surface area contributed by atoms with Crippen molar-refractivity contribution < 1.29 is 13.5 Å². The summed E-state index contributed by atoms with van der Waals surface area (Å²) in [4.78, 5) is 4.24. The Labute approximate surface area is 108 Å². The van der Waals surface area contributed by atoms with Crippen molar-refractivity contribution in [3.8, 4) is 5.75 Å². The van der Waals surface area contributed by atoms with Gasteiger partial charge >= 0.3 is 0 Å². The number of benzene rings is 2. The maximum absolute atomic E-state index is 13.1. The zero-order chi connectivity index (χ0) is 13.4. The first kappa shape index (κ1) is 11.8. The number of pyridine rings is 1. The van der Waals surface area contributed by atoms with Crippen molar-refractivity contribution in [3.63, 3.8) is 0 Å². The molecule has 0 radical (unpaired) electrons. The molecule has 0 saturated heterocycles. The fourth-order valence-electron chi connectivity index (χ4n) is 2.28. The molecule has 0 aliphatic carbocycles. The number of methoxy groups -OCH3 is 1. The predicted octanol–water partition coefficient (Wildman–Crippen LogP) is 4.33. The summed E-state index contributed by atoms with van der Waals surface area (Å²) < 4.78 is 31.4. The fraction of sp³-hybridized carbons (Fsp3) is 0.133. The van der Waals surface area contributed by atoms with Crippen LogP contribution in [0.2, 0.25) is 0 Å². The van der Waals surface area contributed by atoms with Crippen molar-refractivity contribution in [2.24, 2.45) is 0 Å². The van der Waals surface area contributed by atoms with Gasteiger partial charge in [0.2, 0.25) is 0 Å². The van der Waals surface area contributed by atoms with Gasteiger partial charge in [0, 0.05) is 22.5 Å². The molecule has 2 aromatic carbocycles. The molecule has 0 spiro atoms. The number of aromatic nitrogens is 1. The molecule has 0 bridgehead atoms. The highest BCUT2D eigenvalue weighted by Crippen LogP contribution is 2.33. The van der Waals surface area contributed by atoms with Crippen molar-refractivity contribution >= 4 is 21.7 Å². The minimum Gasteiger partial charge on any atom is -0.497 e. The number of alkyl halides is 2. The Bertz CT molecular complexity index is 756. The molecular weight excluding hydrogens is 248 g/mol. The molecule has 4 heteroatoms. The number of halogens is 2. The average molecular weight is 259 g/mol. The molecule has 3 aromatic rings. The van der Waals surface area contributed by atoms with Crippen LogP contribution in [0.4, 0.5) is 8.78 Å². The molecular formula is C15H11F2NO. The summed E-state index contributed by atoms with van der Waals surface area (Å²) in [7, 11) is 1.57. The first-order valence-electron chi connectivity index (χ1n) is 5.84. The lowest BCUT2D eigenvalue weighted by Gasteiger charge is -2.09. The van der Waals surface area contributed by atoms with Crippen molar-refractivity contribution in [2.45, 2.75) is 6.43 Å². The zero-order valence-electron chi connectivity index (χ0n) is 10.2. The van der Waals surface area contributed by atoms with Crippen LogP contribution in [0.3, 0.4) is 0 Å². The van der Waals surface area contributed by atoms with Crippen LogP contribution < -0.4 is 4.74 Å². The highest BCUT2D eigenvalue weighted by atomic mass is 19.3. The third-order valence-corrected chi connectivity index (χ3v) is 3.18. The van der Waals surface area contributed by atoms with Crippen LogP contribution in [-0.2, 0) is 0 Å². The molecule has 2 nitrogen and oxygen atoms in total. The Morgan fingerprint density at radius 3 is 2.74 bits per heavy atom. The van der Waals surface area contributed by atoms with E-state index in [1.54, 1.807) is 43.6 Å². The van der Waals surface area contributed by atoms with E-state index in [-0.39, 0.29) is 5.56 Å². The average Bonchev–Trinajstić information content (AvgIpc) is 2.45. The van der Waals surface area contributed by atoms with Crippen molar-refractivity contribution in [1.82, 2.24) is 4.98 Å². The van der Waals surface area contributed by atoms with Crippen LogP contribution in [-0.4, -0.2) is 12.1 Å².